The zero-order valence-electron chi connectivity index (χ0n) is 29.5. The second kappa shape index (κ2) is 11.8. The molecule has 0 radical (unpaired) electrons. The molecule has 3 aromatic heterocycles. The summed E-state index contributed by atoms with van der Waals surface area (Å²) in [5.74, 6) is 0. The molecule has 0 aliphatic rings. The molecule has 0 aliphatic heterocycles. The van der Waals surface area contributed by atoms with Crippen LogP contribution in [0.2, 0.25) is 0 Å². The summed E-state index contributed by atoms with van der Waals surface area (Å²) in [6, 6.07) is 65.9. The van der Waals surface area contributed by atoms with Crippen LogP contribution >= 0.6 is 0 Å². The number of aromatic nitrogens is 3. The fraction of sp³-hybridized carbons (Fsp3) is 0. The van der Waals surface area contributed by atoms with E-state index in [1.165, 1.54) is 10.8 Å². The van der Waals surface area contributed by atoms with Crippen molar-refractivity contribution in [2.75, 3.05) is 0 Å². The minimum atomic E-state index is 0.618. The standard InChI is InChI=1S/C50H29N5/c51-30-32-23-26-47-42(27-32)40-15-3-7-19-45(40)55(47)49-22-10-21-48-50(49)41-16-4-8-20-46(41)54(48)35-12-9-11-33(28-35)37-25-24-36(29-34(37)31-52)53-43-17-5-1-13-38(43)39-14-2-6-18-44(39)53/h1-29H. The number of benzene rings is 8. The molecule has 0 atom stereocenters. The second-order valence-electron chi connectivity index (χ2n) is 14.0. The Labute approximate surface area is 316 Å². The molecule has 5 nitrogen and oxygen atoms in total. The van der Waals surface area contributed by atoms with Gasteiger partial charge in [-0.15, -0.1) is 0 Å². The van der Waals surface area contributed by atoms with Crippen molar-refractivity contribution in [3.63, 3.8) is 0 Å². The summed E-state index contributed by atoms with van der Waals surface area (Å²) in [4.78, 5) is 0. The Bertz CT molecular complexity index is 3420. The van der Waals surface area contributed by atoms with Crippen LogP contribution in [0.1, 0.15) is 11.1 Å². The van der Waals surface area contributed by atoms with Crippen molar-refractivity contribution in [2.24, 2.45) is 0 Å². The van der Waals surface area contributed by atoms with Crippen LogP contribution in [0.4, 0.5) is 0 Å². The van der Waals surface area contributed by atoms with Gasteiger partial charge < -0.3 is 13.7 Å². The van der Waals surface area contributed by atoms with E-state index in [2.05, 4.69) is 184 Å². The van der Waals surface area contributed by atoms with Crippen molar-refractivity contribution in [3.05, 3.63) is 187 Å². The highest BCUT2D eigenvalue weighted by Gasteiger charge is 2.20. The van der Waals surface area contributed by atoms with E-state index in [1.807, 2.05) is 18.2 Å². The third-order valence-corrected chi connectivity index (χ3v) is 11.1. The number of hydrogen-bond donors (Lipinski definition) is 0. The second-order valence-corrected chi connectivity index (χ2v) is 14.0. The lowest BCUT2D eigenvalue weighted by atomic mass is 9.99. The van der Waals surface area contributed by atoms with Gasteiger partial charge in [0.05, 0.1) is 62.1 Å². The summed E-state index contributed by atoms with van der Waals surface area (Å²) < 4.78 is 6.91. The van der Waals surface area contributed by atoms with Gasteiger partial charge in [-0.05, 0) is 90.0 Å². The molecule has 55 heavy (non-hydrogen) atoms. The van der Waals surface area contributed by atoms with Gasteiger partial charge in [0, 0.05) is 43.7 Å². The van der Waals surface area contributed by atoms with Gasteiger partial charge in [-0.1, -0.05) is 97.1 Å². The zero-order valence-corrected chi connectivity index (χ0v) is 29.5. The third kappa shape index (κ3) is 4.45. The predicted octanol–water partition coefficient (Wildman–Crippen LogP) is 12.4. The zero-order chi connectivity index (χ0) is 36.6. The highest BCUT2D eigenvalue weighted by atomic mass is 15.0. The number of nitriles is 2. The van der Waals surface area contributed by atoms with E-state index >= 15 is 0 Å². The van der Waals surface area contributed by atoms with Crippen LogP contribution in [-0.2, 0) is 0 Å². The van der Waals surface area contributed by atoms with Crippen LogP contribution in [-0.4, -0.2) is 13.7 Å². The maximum Gasteiger partial charge on any atom is 0.0998 e. The first-order chi connectivity index (χ1) is 27.2. The van der Waals surface area contributed by atoms with E-state index in [-0.39, 0.29) is 0 Å². The monoisotopic (exact) mass is 699 g/mol. The number of fused-ring (bicyclic) bond motifs is 9. The maximum atomic E-state index is 10.6. The molecular formula is C50H29N5. The topological polar surface area (TPSA) is 62.4 Å². The lowest BCUT2D eigenvalue weighted by molar-refractivity contribution is 1.17. The van der Waals surface area contributed by atoms with Crippen LogP contribution in [0.3, 0.4) is 0 Å². The normalized spacial score (nSPS) is 11.6. The molecule has 254 valence electrons. The fourth-order valence-electron chi connectivity index (χ4n) is 8.80. The number of nitrogens with zero attached hydrogens (tertiary/aromatic N) is 5. The molecule has 8 aromatic carbocycles. The summed E-state index contributed by atoms with van der Waals surface area (Å²) in [6.45, 7) is 0. The molecule has 0 fully saturated rings. The number of hydrogen-bond acceptors (Lipinski definition) is 2. The van der Waals surface area contributed by atoms with E-state index in [4.69, 9.17) is 0 Å². The van der Waals surface area contributed by atoms with Gasteiger partial charge >= 0.3 is 0 Å². The van der Waals surface area contributed by atoms with E-state index in [0.717, 1.165) is 82.8 Å². The van der Waals surface area contributed by atoms with Crippen molar-refractivity contribution in [2.45, 2.75) is 0 Å². The number of para-hydroxylation sites is 4. The Hall–Kier alpha value is -7.86. The molecule has 0 N–H and O–H groups in total. The quantitative estimate of drug-likeness (QED) is 0.184. The van der Waals surface area contributed by atoms with Gasteiger partial charge in [-0.2, -0.15) is 10.5 Å². The highest BCUT2D eigenvalue weighted by molar-refractivity contribution is 6.16. The Kier molecular flexibility index (Phi) is 6.61. The molecule has 0 unspecified atom stereocenters. The summed E-state index contributed by atoms with van der Waals surface area (Å²) in [5.41, 5.74) is 12.7. The Morgan fingerprint density at radius 2 is 0.909 bits per heavy atom. The molecule has 3 heterocycles. The highest BCUT2D eigenvalue weighted by Crippen LogP contribution is 2.41. The molecule has 0 amide bonds. The Balaban J connectivity index is 1.10. The van der Waals surface area contributed by atoms with Crippen molar-refractivity contribution < 1.29 is 0 Å². The molecular weight excluding hydrogens is 671 g/mol. The van der Waals surface area contributed by atoms with Gasteiger partial charge in [0.2, 0.25) is 0 Å². The third-order valence-electron chi connectivity index (χ3n) is 11.1. The largest absolute Gasteiger partial charge is 0.309 e. The molecule has 0 spiro atoms. The molecule has 11 aromatic rings. The first kappa shape index (κ1) is 30.7. The number of rotatable bonds is 4. The predicted molar refractivity (Wildman–Crippen MR) is 224 cm³/mol. The van der Waals surface area contributed by atoms with Gasteiger partial charge in [-0.25, -0.2) is 0 Å². The molecule has 5 heteroatoms. The summed E-state index contributed by atoms with van der Waals surface area (Å²) in [6.07, 6.45) is 0. The van der Waals surface area contributed by atoms with Crippen LogP contribution in [0.5, 0.6) is 0 Å². The van der Waals surface area contributed by atoms with E-state index < -0.39 is 0 Å². The van der Waals surface area contributed by atoms with Gasteiger partial charge in [0.1, 0.15) is 0 Å². The maximum absolute atomic E-state index is 10.6. The smallest absolute Gasteiger partial charge is 0.0998 e. The van der Waals surface area contributed by atoms with Crippen molar-refractivity contribution in [1.29, 1.82) is 10.5 Å². The Morgan fingerprint density at radius 3 is 1.60 bits per heavy atom. The SMILES string of the molecule is N#Cc1ccc2c(c1)c1ccccc1n2-c1cccc2c1c1ccccc1n2-c1cccc(-c2ccc(-n3c4ccccc4c4ccccc43)cc2C#N)c1. The van der Waals surface area contributed by atoms with Crippen LogP contribution in [0.25, 0.3) is 93.6 Å². The van der Waals surface area contributed by atoms with Crippen LogP contribution in [0.15, 0.2) is 176 Å². The Morgan fingerprint density at radius 1 is 0.364 bits per heavy atom. The van der Waals surface area contributed by atoms with E-state index in [9.17, 15) is 10.5 Å². The lowest BCUT2D eigenvalue weighted by Gasteiger charge is -2.14. The van der Waals surface area contributed by atoms with E-state index in [0.29, 0.717) is 11.1 Å². The first-order valence-corrected chi connectivity index (χ1v) is 18.3. The summed E-state index contributed by atoms with van der Waals surface area (Å²) in [7, 11) is 0. The van der Waals surface area contributed by atoms with Crippen molar-refractivity contribution in [3.8, 4) is 40.3 Å². The molecule has 11 rings (SSSR count). The minimum Gasteiger partial charge on any atom is -0.309 e. The van der Waals surface area contributed by atoms with Crippen LogP contribution in [0, 0.1) is 22.7 Å². The average Bonchev–Trinajstić information content (AvgIpc) is 3.89. The molecule has 0 aliphatic carbocycles. The van der Waals surface area contributed by atoms with E-state index in [1.54, 1.807) is 0 Å². The van der Waals surface area contributed by atoms with Crippen LogP contribution < -0.4 is 0 Å². The molecule has 0 saturated carbocycles. The molecule has 0 bridgehead atoms. The summed E-state index contributed by atoms with van der Waals surface area (Å²) >= 11 is 0. The average molecular weight is 700 g/mol. The fourth-order valence-corrected chi connectivity index (χ4v) is 8.80. The minimum absolute atomic E-state index is 0.618. The first-order valence-electron chi connectivity index (χ1n) is 18.3. The lowest BCUT2D eigenvalue weighted by Crippen LogP contribution is -1.98. The molecule has 0 saturated heterocycles. The van der Waals surface area contributed by atoms with Gasteiger partial charge in [0.15, 0.2) is 0 Å². The van der Waals surface area contributed by atoms with Crippen molar-refractivity contribution in [1.82, 2.24) is 13.7 Å². The summed E-state index contributed by atoms with van der Waals surface area (Å²) in [5, 5.41) is 27.1. The van der Waals surface area contributed by atoms with Gasteiger partial charge in [0.25, 0.3) is 0 Å². The van der Waals surface area contributed by atoms with Gasteiger partial charge in [-0.3, -0.25) is 0 Å². The van der Waals surface area contributed by atoms with Crippen molar-refractivity contribution >= 4 is 65.4 Å².